The van der Waals surface area contributed by atoms with Crippen LogP contribution in [0.3, 0.4) is 0 Å². The Morgan fingerprint density at radius 1 is 1.21 bits per heavy atom. The highest BCUT2D eigenvalue weighted by Crippen LogP contribution is 2.60. The lowest BCUT2D eigenvalue weighted by Crippen LogP contribution is -2.60. The summed E-state index contributed by atoms with van der Waals surface area (Å²) in [4.78, 5) is 27.9. The van der Waals surface area contributed by atoms with Crippen molar-refractivity contribution in [1.29, 1.82) is 0 Å². The van der Waals surface area contributed by atoms with Crippen molar-refractivity contribution in [3.05, 3.63) is 18.7 Å². The quantitative estimate of drug-likeness (QED) is 0.745. The second kappa shape index (κ2) is 6.58. The van der Waals surface area contributed by atoms with Crippen LogP contribution < -0.4 is 9.88 Å². The molecule has 1 aromatic heterocycles. The van der Waals surface area contributed by atoms with Crippen LogP contribution in [0, 0.1) is 23.2 Å². The molecule has 5 fully saturated rings. The molecule has 0 radical (unpaired) electrons. The summed E-state index contributed by atoms with van der Waals surface area (Å²) in [6.45, 7) is 1.30. The highest BCUT2D eigenvalue weighted by atomic mass is 16.3. The molecule has 2 amide bonds. The summed E-state index contributed by atoms with van der Waals surface area (Å²) < 4.78 is 3.45. The van der Waals surface area contributed by atoms with E-state index in [4.69, 9.17) is 0 Å². The lowest BCUT2D eigenvalue weighted by Gasteiger charge is -2.58. The fourth-order valence-corrected chi connectivity index (χ4v) is 6.61. The van der Waals surface area contributed by atoms with Gasteiger partial charge in [0, 0.05) is 19.1 Å². The van der Waals surface area contributed by atoms with Crippen molar-refractivity contribution in [3.63, 3.8) is 0 Å². The van der Waals surface area contributed by atoms with E-state index >= 15 is 0 Å². The number of aryl methyl sites for hydroxylation is 1. The first-order valence-electron chi connectivity index (χ1n) is 10.7. The number of piperidine rings is 1. The molecule has 7 heteroatoms. The molecule has 7 nitrogen and oxygen atoms in total. The topological polar surface area (TPSA) is 78.5 Å². The van der Waals surface area contributed by atoms with E-state index in [9.17, 15) is 14.7 Å². The third-order valence-electron chi connectivity index (χ3n) is 7.72. The van der Waals surface area contributed by atoms with Gasteiger partial charge in [0.25, 0.3) is 6.33 Å². The molecule has 4 saturated carbocycles. The molecule has 1 saturated heterocycles. The molecule has 2 heterocycles. The Morgan fingerprint density at radius 3 is 2.64 bits per heavy atom. The minimum Gasteiger partial charge on any atom is -0.393 e. The zero-order valence-electron chi connectivity index (χ0n) is 16.6. The number of hydrogen-bond acceptors (Lipinski definition) is 3. The molecule has 4 aliphatic carbocycles. The van der Waals surface area contributed by atoms with Gasteiger partial charge >= 0.3 is 6.03 Å². The van der Waals surface area contributed by atoms with Crippen molar-refractivity contribution < 1.29 is 19.3 Å². The molecular weight excluding hydrogens is 356 g/mol. The molecule has 2 N–H and O–H groups in total. The van der Waals surface area contributed by atoms with Crippen molar-refractivity contribution in [2.24, 2.45) is 30.2 Å². The van der Waals surface area contributed by atoms with E-state index in [1.165, 1.54) is 0 Å². The Morgan fingerprint density at radius 2 is 1.96 bits per heavy atom. The number of hydrogen-bond donors (Lipinski definition) is 2. The van der Waals surface area contributed by atoms with Crippen LogP contribution in [0.15, 0.2) is 18.7 Å². The van der Waals surface area contributed by atoms with Crippen LogP contribution in [0.5, 0.6) is 0 Å². The van der Waals surface area contributed by atoms with Crippen LogP contribution in [0.1, 0.15) is 44.9 Å². The van der Waals surface area contributed by atoms with Crippen molar-refractivity contribution in [2.75, 3.05) is 13.1 Å². The van der Waals surface area contributed by atoms with Crippen molar-refractivity contribution in [3.8, 4) is 0 Å². The Hall–Kier alpha value is -1.89. The van der Waals surface area contributed by atoms with Gasteiger partial charge in [0.05, 0.1) is 18.6 Å². The normalized spacial score (nSPS) is 39.2. The van der Waals surface area contributed by atoms with Gasteiger partial charge in [-0.05, 0) is 62.7 Å². The maximum absolute atomic E-state index is 13.3. The van der Waals surface area contributed by atoms with Gasteiger partial charge in [-0.3, -0.25) is 4.79 Å². The molecular formula is C21H31N4O3+. The molecule has 3 atom stereocenters. The third kappa shape index (κ3) is 2.95. The Bertz CT molecular complexity index is 774. The largest absolute Gasteiger partial charge is 0.415 e. The second-order valence-corrected chi connectivity index (χ2v) is 9.77. The van der Waals surface area contributed by atoms with Gasteiger partial charge in [-0.25, -0.2) is 9.36 Å². The van der Waals surface area contributed by atoms with Gasteiger partial charge in [0.2, 0.25) is 5.91 Å². The van der Waals surface area contributed by atoms with Gasteiger partial charge in [0.1, 0.15) is 12.4 Å². The first kappa shape index (κ1) is 18.2. The molecule has 2 unspecified atom stereocenters. The minimum atomic E-state index is -0.282. The monoisotopic (exact) mass is 387 g/mol. The fourth-order valence-electron chi connectivity index (χ4n) is 6.61. The predicted octanol–water partition coefficient (Wildman–Crippen LogP) is 1.05. The highest BCUT2D eigenvalue weighted by Gasteiger charge is 2.58. The maximum Gasteiger partial charge on any atom is 0.415 e. The van der Waals surface area contributed by atoms with E-state index in [2.05, 4.69) is 5.32 Å². The van der Waals surface area contributed by atoms with Gasteiger partial charge in [0.15, 0.2) is 0 Å². The van der Waals surface area contributed by atoms with Crippen LogP contribution in [0.25, 0.3) is 0 Å². The molecule has 0 aromatic carbocycles. The van der Waals surface area contributed by atoms with Crippen LogP contribution in [0.2, 0.25) is 0 Å². The van der Waals surface area contributed by atoms with Crippen LogP contribution in [0.4, 0.5) is 4.79 Å². The lowest BCUT2D eigenvalue weighted by atomic mass is 9.48. The van der Waals surface area contributed by atoms with Crippen molar-refractivity contribution in [1.82, 2.24) is 14.8 Å². The van der Waals surface area contributed by atoms with E-state index in [1.54, 1.807) is 17.1 Å². The summed E-state index contributed by atoms with van der Waals surface area (Å²) in [6.07, 6.45) is 11.8. The molecule has 1 aliphatic heterocycles. The van der Waals surface area contributed by atoms with Crippen LogP contribution in [-0.4, -0.2) is 51.7 Å². The number of imidazole rings is 1. The number of aliphatic hydroxyl groups excluding tert-OH is 1. The van der Waals surface area contributed by atoms with E-state index < -0.39 is 0 Å². The van der Waals surface area contributed by atoms with Crippen molar-refractivity contribution in [2.45, 2.75) is 57.1 Å². The average Bonchev–Trinajstić information content (AvgIpc) is 3.11. The first-order valence-corrected chi connectivity index (χ1v) is 10.7. The minimum absolute atomic E-state index is 0.0208. The molecule has 1 aromatic rings. The lowest BCUT2D eigenvalue weighted by molar-refractivity contribution is -0.670. The van der Waals surface area contributed by atoms with Crippen molar-refractivity contribution >= 4 is 11.9 Å². The number of likely N-dealkylation sites (tertiary alicyclic amines) is 1. The number of carbonyl (C=O) groups excluding carboxylic acids is 2. The number of aromatic nitrogens is 2. The molecule has 4 bridgehead atoms. The number of carbonyl (C=O) groups is 2. The fraction of sp³-hybridized carbons (Fsp3) is 0.762. The number of rotatable bonds is 2. The Kier molecular flexibility index (Phi) is 4.27. The van der Waals surface area contributed by atoms with E-state index in [0.29, 0.717) is 24.3 Å². The average molecular weight is 388 g/mol. The first-order chi connectivity index (χ1) is 13.4. The number of nitrogens with one attached hydrogen (secondary N) is 1. The van der Waals surface area contributed by atoms with Gasteiger partial charge in [-0.1, -0.05) is 0 Å². The molecule has 5 aliphatic rings. The molecule has 0 spiro atoms. The number of nitrogens with zero attached hydrogens (tertiary/aromatic N) is 3. The van der Waals surface area contributed by atoms with E-state index in [-0.39, 0.29) is 29.5 Å². The summed E-state index contributed by atoms with van der Waals surface area (Å²) in [6, 6.07) is -0.00934. The second-order valence-electron chi connectivity index (χ2n) is 9.77. The van der Waals surface area contributed by atoms with E-state index in [1.807, 2.05) is 22.7 Å². The van der Waals surface area contributed by atoms with Gasteiger partial charge < -0.3 is 15.3 Å². The highest BCUT2D eigenvalue weighted by molar-refractivity contribution is 5.83. The van der Waals surface area contributed by atoms with Gasteiger partial charge in [-0.15, -0.1) is 0 Å². The summed E-state index contributed by atoms with van der Waals surface area (Å²) in [5.41, 5.74) is -0.282. The third-order valence-corrected chi connectivity index (χ3v) is 7.72. The summed E-state index contributed by atoms with van der Waals surface area (Å²) in [5.74, 6) is 1.38. The van der Waals surface area contributed by atoms with E-state index in [0.717, 1.165) is 51.5 Å². The molecule has 152 valence electrons. The SMILES string of the molecule is C[n+]1ccn(C(=O)N2CCC[C@H](NC(=O)C34CC5CC(C3)C(O)C(C5)C4)C2)c1. The Labute approximate surface area is 165 Å². The zero-order chi connectivity index (χ0) is 19.5. The summed E-state index contributed by atoms with van der Waals surface area (Å²) in [5, 5.41) is 13.8. The maximum atomic E-state index is 13.3. The summed E-state index contributed by atoms with van der Waals surface area (Å²) in [7, 11) is 1.89. The number of aliphatic hydroxyl groups is 1. The van der Waals surface area contributed by atoms with Crippen LogP contribution in [-0.2, 0) is 11.8 Å². The number of amides is 2. The van der Waals surface area contributed by atoms with Gasteiger partial charge in [-0.2, -0.15) is 4.57 Å². The zero-order valence-corrected chi connectivity index (χ0v) is 16.6. The van der Waals surface area contributed by atoms with Crippen LogP contribution >= 0.6 is 0 Å². The molecule has 6 rings (SSSR count). The predicted molar refractivity (Wildman–Crippen MR) is 101 cm³/mol. The standard InChI is InChI=1S/C21H30N4O3/c1-23-5-6-25(13-23)20(28)24-4-2-3-17(12-24)22-19(27)21-9-14-7-15(10-21)18(26)16(8-14)11-21/h5-6,13-18,26H,2-4,7-12H2,1H3/p+1/t14?,15?,16?,17-,18?,21?/m0/s1. The summed E-state index contributed by atoms with van der Waals surface area (Å²) >= 11 is 0. The Balaban J connectivity index is 1.25. The molecule has 28 heavy (non-hydrogen) atoms. The smallest absolute Gasteiger partial charge is 0.393 e.